The molecule has 1 aromatic heterocycles. The Morgan fingerprint density at radius 2 is 1.86 bits per heavy atom. The molecule has 0 aliphatic carbocycles. The summed E-state index contributed by atoms with van der Waals surface area (Å²) in [7, 11) is 0. The summed E-state index contributed by atoms with van der Waals surface area (Å²) in [5.41, 5.74) is -0.342. The van der Waals surface area contributed by atoms with Gasteiger partial charge in [0.15, 0.2) is 5.69 Å². The summed E-state index contributed by atoms with van der Waals surface area (Å²) in [5, 5.41) is 6.56. The lowest BCUT2D eigenvalue weighted by atomic mass is 10.2. The van der Waals surface area contributed by atoms with E-state index in [1.807, 2.05) is 0 Å². The third-order valence-electron chi connectivity index (χ3n) is 3.87. The van der Waals surface area contributed by atoms with Crippen molar-refractivity contribution < 1.29 is 18.3 Å². The first-order chi connectivity index (χ1) is 13.5. The number of amides is 1. The summed E-state index contributed by atoms with van der Waals surface area (Å²) in [6.45, 7) is 1.89. The molecule has 6 nitrogen and oxygen atoms in total. The molecule has 0 atom stereocenters. The Morgan fingerprint density at radius 3 is 2.54 bits per heavy atom. The van der Waals surface area contributed by atoms with Gasteiger partial charge >= 0.3 is 0 Å². The maximum absolute atomic E-state index is 13.7. The van der Waals surface area contributed by atoms with Gasteiger partial charge in [-0.1, -0.05) is 18.2 Å². The summed E-state index contributed by atoms with van der Waals surface area (Å²) < 4.78 is 33.6. The molecule has 1 N–H and O–H groups in total. The zero-order chi connectivity index (χ0) is 20.1. The topological polar surface area (TPSA) is 73.2 Å². The predicted octanol–water partition coefficient (Wildman–Crippen LogP) is 2.84. The second kappa shape index (κ2) is 8.43. The van der Waals surface area contributed by atoms with E-state index in [2.05, 4.69) is 10.4 Å². The van der Waals surface area contributed by atoms with Crippen molar-refractivity contribution in [3.05, 3.63) is 87.7 Å². The van der Waals surface area contributed by atoms with Crippen molar-refractivity contribution in [1.82, 2.24) is 15.1 Å². The van der Waals surface area contributed by atoms with Crippen LogP contribution >= 0.6 is 0 Å². The van der Waals surface area contributed by atoms with E-state index in [0.717, 1.165) is 6.07 Å². The number of carbonyl (C=O) groups excluding carboxylic acids is 1. The molecule has 0 fully saturated rings. The van der Waals surface area contributed by atoms with Gasteiger partial charge in [0.25, 0.3) is 5.91 Å². The maximum Gasteiger partial charge on any atom is 0.276 e. The van der Waals surface area contributed by atoms with Crippen LogP contribution < -0.4 is 15.5 Å². The molecule has 8 heteroatoms. The standard InChI is InChI=1S/C20H17F2N3O3/c1-2-28-18-11-17(26)19(24-25(18)15-9-7-14(21)8-10-15)20(27)23-12-13-5-3-4-6-16(13)22/h3-11H,2,12H2,1H3,(H,23,27). The molecule has 0 unspecified atom stereocenters. The highest BCUT2D eigenvalue weighted by molar-refractivity contribution is 5.92. The second-order valence-corrected chi connectivity index (χ2v) is 5.79. The number of carbonyl (C=O) groups is 1. The summed E-state index contributed by atoms with van der Waals surface area (Å²) in [4.78, 5) is 24.8. The SMILES string of the molecule is CCOc1cc(=O)c(C(=O)NCc2ccccc2F)nn1-c1ccc(F)cc1. The van der Waals surface area contributed by atoms with Crippen LogP contribution in [0.5, 0.6) is 5.88 Å². The molecular weight excluding hydrogens is 368 g/mol. The van der Waals surface area contributed by atoms with Crippen molar-refractivity contribution in [3.63, 3.8) is 0 Å². The number of aromatic nitrogens is 2. The van der Waals surface area contributed by atoms with Gasteiger partial charge in [-0.2, -0.15) is 5.10 Å². The Bertz CT molecular complexity index is 1050. The van der Waals surface area contributed by atoms with Crippen LogP contribution in [0.1, 0.15) is 23.0 Å². The number of hydrogen-bond acceptors (Lipinski definition) is 4. The number of halogens is 2. The number of nitrogens with one attached hydrogen (secondary N) is 1. The Morgan fingerprint density at radius 1 is 1.14 bits per heavy atom. The third kappa shape index (κ3) is 4.22. The molecule has 0 saturated heterocycles. The highest BCUT2D eigenvalue weighted by Crippen LogP contribution is 2.16. The number of hydrogen-bond donors (Lipinski definition) is 1. The summed E-state index contributed by atoms with van der Waals surface area (Å²) >= 11 is 0. The fourth-order valence-corrected chi connectivity index (χ4v) is 2.52. The molecule has 0 saturated carbocycles. The van der Waals surface area contributed by atoms with Crippen LogP contribution in [0.2, 0.25) is 0 Å². The van der Waals surface area contributed by atoms with Crippen molar-refractivity contribution in [2.24, 2.45) is 0 Å². The molecule has 1 heterocycles. The van der Waals surface area contributed by atoms with Gasteiger partial charge in [-0.15, -0.1) is 0 Å². The van der Waals surface area contributed by atoms with Gasteiger partial charge in [-0.3, -0.25) is 9.59 Å². The Labute approximate surface area is 159 Å². The fourth-order valence-electron chi connectivity index (χ4n) is 2.52. The molecule has 0 radical (unpaired) electrons. The molecule has 2 aromatic carbocycles. The smallest absolute Gasteiger partial charge is 0.276 e. The van der Waals surface area contributed by atoms with Crippen LogP contribution in [0, 0.1) is 11.6 Å². The summed E-state index contributed by atoms with van der Waals surface area (Å²) in [5.74, 6) is -1.55. The lowest BCUT2D eigenvalue weighted by Crippen LogP contribution is -2.31. The third-order valence-corrected chi connectivity index (χ3v) is 3.87. The zero-order valence-corrected chi connectivity index (χ0v) is 15.0. The molecule has 0 bridgehead atoms. The van der Waals surface area contributed by atoms with Crippen molar-refractivity contribution in [2.45, 2.75) is 13.5 Å². The number of ether oxygens (including phenoxy) is 1. The molecule has 3 rings (SSSR count). The van der Waals surface area contributed by atoms with Crippen LogP contribution in [0.15, 0.2) is 59.4 Å². The van der Waals surface area contributed by atoms with Gasteiger partial charge in [0.1, 0.15) is 11.6 Å². The lowest BCUT2D eigenvalue weighted by Gasteiger charge is -2.14. The summed E-state index contributed by atoms with van der Waals surface area (Å²) in [6.07, 6.45) is 0. The molecule has 3 aromatic rings. The number of nitrogens with zero attached hydrogens (tertiary/aromatic N) is 2. The van der Waals surface area contributed by atoms with E-state index >= 15 is 0 Å². The second-order valence-electron chi connectivity index (χ2n) is 5.79. The average molecular weight is 385 g/mol. The minimum Gasteiger partial charge on any atom is -0.478 e. The summed E-state index contributed by atoms with van der Waals surface area (Å²) in [6, 6.07) is 12.4. The van der Waals surface area contributed by atoms with Crippen molar-refractivity contribution in [3.8, 4) is 11.6 Å². The van der Waals surface area contributed by atoms with E-state index in [9.17, 15) is 18.4 Å². The minimum atomic E-state index is -0.757. The van der Waals surface area contributed by atoms with Crippen LogP contribution in [-0.2, 0) is 6.54 Å². The van der Waals surface area contributed by atoms with Gasteiger partial charge in [0.05, 0.1) is 18.4 Å². The number of benzene rings is 2. The molecule has 0 aliphatic heterocycles. The molecular formula is C20H17F2N3O3. The normalized spacial score (nSPS) is 10.5. The first kappa shape index (κ1) is 19.2. The Balaban J connectivity index is 1.93. The Kier molecular flexibility index (Phi) is 5.78. The highest BCUT2D eigenvalue weighted by Gasteiger charge is 2.17. The van der Waals surface area contributed by atoms with Crippen LogP contribution in [0.25, 0.3) is 5.69 Å². The van der Waals surface area contributed by atoms with Crippen molar-refractivity contribution in [2.75, 3.05) is 6.61 Å². The lowest BCUT2D eigenvalue weighted by molar-refractivity contribution is 0.0942. The first-order valence-corrected chi connectivity index (χ1v) is 8.54. The van der Waals surface area contributed by atoms with Gasteiger partial charge in [-0.25, -0.2) is 13.5 Å². The average Bonchev–Trinajstić information content (AvgIpc) is 2.68. The monoisotopic (exact) mass is 385 g/mol. The minimum absolute atomic E-state index is 0.101. The van der Waals surface area contributed by atoms with E-state index in [1.165, 1.54) is 47.1 Å². The zero-order valence-electron chi connectivity index (χ0n) is 15.0. The Hall–Kier alpha value is -3.55. The van der Waals surface area contributed by atoms with Crippen LogP contribution in [-0.4, -0.2) is 22.3 Å². The van der Waals surface area contributed by atoms with Crippen LogP contribution in [0.3, 0.4) is 0 Å². The predicted molar refractivity (Wildman–Crippen MR) is 98.5 cm³/mol. The van der Waals surface area contributed by atoms with E-state index in [4.69, 9.17) is 4.74 Å². The van der Waals surface area contributed by atoms with Crippen molar-refractivity contribution in [1.29, 1.82) is 0 Å². The van der Waals surface area contributed by atoms with Gasteiger partial charge < -0.3 is 10.1 Å². The molecule has 28 heavy (non-hydrogen) atoms. The van der Waals surface area contributed by atoms with E-state index < -0.39 is 23.0 Å². The van der Waals surface area contributed by atoms with E-state index in [0.29, 0.717) is 5.69 Å². The van der Waals surface area contributed by atoms with E-state index in [-0.39, 0.29) is 30.3 Å². The molecule has 0 spiro atoms. The van der Waals surface area contributed by atoms with Gasteiger partial charge in [0, 0.05) is 12.1 Å². The maximum atomic E-state index is 13.7. The first-order valence-electron chi connectivity index (χ1n) is 8.54. The van der Waals surface area contributed by atoms with Crippen LogP contribution in [0.4, 0.5) is 8.78 Å². The van der Waals surface area contributed by atoms with Gasteiger partial charge in [0.2, 0.25) is 11.3 Å². The highest BCUT2D eigenvalue weighted by atomic mass is 19.1. The molecule has 1 amide bonds. The molecule has 144 valence electrons. The van der Waals surface area contributed by atoms with Crippen molar-refractivity contribution >= 4 is 5.91 Å². The van der Waals surface area contributed by atoms with Gasteiger partial charge in [-0.05, 0) is 37.3 Å². The quantitative estimate of drug-likeness (QED) is 0.708. The fraction of sp³-hybridized carbons (Fsp3) is 0.150. The number of rotatable bonds is 6. The largest absolute Gasteiger partial charge is 0.478 e. The molecule has 0 aliphatic rings. The van der Waals surface area contributed by atoms with E-state index in [1.54, 1.807) is 13.0 Å².